The van der Waals surface area contributed by atoms with Gasteiger partial charge in [0, 0.05) is 38.4 Å². The molecule has 1 aliphatic rings. The minimum absolute atomic E-state index is 0.0190. The third-order valence-electron chi connectivity index (χ3n) is 6.99. The Balaban J connectivity index is 1.62. The first-order valence-electron chi connectivity index (χ1n) is 13.0. The van der Waals surface area contributed by atoms with Crippen LogP contribution in [0.3, 0.4) is 0 Å². The van der Waals surface area contributed by atoms with E-state index in [0.29, 0.717) is 22.8 Å². The number of aliphatic hydroxyl groups excluding tert-OH is 1. The van der Waals surface area contributed by atoms with E-state index in [2.05, 4.69) is 20.8 Å². The van der Waals surface area contributed by atoms with Gasteiger partial charge in [0.1, 0.15) is 23.2 Å². The largest absolute Gasteiger partial charge is 0.488 e. The van der Waals surface area contributed by atoms with Gasteiger partial charge in [-0.1, -0.05) is 12.1 Å². The number of sulfonamides is 1. The number of hydrogen-bond acceptors (Lipinski definition) is 9. The number of benzene rings is 1. The molecule has 2 aromatic heterocycles. The van der Waals surface area contributed by atoms with Crippen LogP contribution in [0.1, 0.15) is 35.7 Å². The van der Waals surface area contributed by atoms with Crippen molar-refractivity contribution in [3.63, 3.8) is 0 Å². The minimum atomic E-state index is -3.90. The summed E-state index contributed by atoms with van der Waals surface area (Å²) < 4.78 is 40.4. The number of urea groups is 1. The summed E-state index contributed by atoms with van der Waals surface area (Å²) in [7, 11) is -0.768. The van der Waals surface area contributed by atoms with Crippen molar-refractivity contribution in [2.45, 2.75) is 44.9 Å². The van der Waals surface area contributed by atoms with E-state index in [0.717, 1.165) is 0 Å². The molecule has 222 valence electrons. The molecule has 3 heterocycles. The number of nitrogens with one attached hydrogen (secondary N) is 2. The van der Waals surface area contributed by atoms with Crippen LogP contribution in [0.2, 0.25) is 0 Å². The number of aromatic nitrogens is 3. The summed E-state index contributed by atoms with van der Waals surface area (Å²) >= 11 is 0. The van der Waals surface area contributed by atoms with Crippen LogP contribution in [-0.4, -0.2) is 88.3 Å². The Morgan fingerprint density at radius 3 is 2.63 bits per heavy atom. The Labute approximate surface area is 238 Å². The summed E-state index contributed by atoms with van der Waals surface area (Å²) in [5.74, 6) is -0.0255. The van der Waals surface area contributed by atoms with Gasteiger partial charge in [-0.05, 0) is 39.0 Å². The van der Waals surface area contributed by atoms with Crippen molar-refractivity contribution < 1.29 is 32.4 Å². The molecule has 0 saturated carbocycles. The van der Waals surface area contributed by atoms with Crippen LogP contribution < -0.4 is 15.4 Å². The number of aryl methyl sites for hydroxylation is 3. The molecule has 1 aliphatic heterocycles. The fourth-order valence-corrected chi connectivity index (χ4v) is 5.63. The van der Waals surface area contributed by atoms with Crippen LogP contribution in [0.25, 0.3) is 0 Å². The third-order valence-corrected chi connectivity index (χ3v) is 8.70. The maximum Gasteiger partial charge on any atom is 0.323 e. The minimum Gasteiger partial charge on any atom is -0.488 e. The summed E-state index contributed by atoms with van der Waals surface area (Å²) in [6.45, 7) is 6.85. The molecule has 0 radical (unpaired) electrons. The maximum atomic E-state index is 13.7. The number of fused-ring (bicyclic) bond motifs is 1. The Morgan fingerprint density at radius 1 is 1.29 bits per heavy atom. The molecule has 3 atom stereocenters. The Morgan fingerprint density at radius 2 is 2.02 bits per heavy atom. The molecule has 0 aliphatic carbocycles. The fraction of sp³-hybridized carbons (Fsp3) is 0.462. The second-order valence-corrected chi connectivity index (χ2v) is 12.3. The quantitative estimate of drug-likeness (QED) is 0.356. The van der Waals surface area contributed by atoms with Gasteiger partial charge < -0.3 is 34.5 Å². The number of aliphatic hydroxyl groups is 1. The molecule has 0 bridgehead atoms. The topological polar surface area (TPSA) is 172 Å². The predicted molar refractivity (Wildman–Crippen MR) is 149 cm³/mol. The van der Waals surface area contributed by atoms with Gasteiger partial charge >= 0.3 is 6.03 Å². The summed E-state index contributed by atoms with van der Waals surface area (Å²) in [5, 5.41) is 19.0. The second-order valence-electron chi connectivity index (χ2n) is 10.3. The zero-order valence-electron chi connectivity index (χ0n) is 23.8. The summed E-state index contributed by atoms with van der Waals surface area (Å²) in [4.78, 5) is 31.9. The van der Waals surface area contributed by atoms with Gasteiger partial charge in [0.2, 0.25) is 0 Å². The summed E-state index contributed by atoms with van der Waals surface area (Å²) in [6.07, 6.45) is 2.18. The van der Waals surface area contributed by atoms with Gasteiger partial charge in [0.15, 0.2) is 10.8 Å². The zero-order valence-corrected chi connectivity index (χ0v) is 24.6. The number of imidazole rings is 1. The lowest BCUT2D eigenvalue weighted by Gasteiger charge is -2.38. The summed E-state index contributed by atoms with van der Waals surface area (Å²) in [6, 6.07) is 3.54. The lowest BCUT2D eigenvalue weighted by atomic mass is 9.99. The van der Waals surface area contributed by atoms with Crippen LogP contribution in [0.5, 0.6) is 5.75 Å². The fourth-order valence-electron chi connectivity index (χ4n) is 4.49. The normalized spacial score (nSPS) is 18.3. The molecule has 4 rings (SSSR count). The molecule has 3 N–H and O–H groups in total. The monoisotopic (exact) mass is 589 g/mol. The van der Waals surface area contributed by atoms with Crippen LogP contribution >= 0.6 is 0 Å². The van der Waals surface area contributed by atoms with E-state index in [1.165, 1.54) is 34.8 Å². The second kappa shape index (κ2) is 11.9. The number of nitrogens with zero attached hydrogens (tertiary/aromatic N) is 5. The Hall–Kier alpha value is -3.95. The Kier molecular flexibility index (Phi) is 8.70. The van der Waals surface area contributed by atoms with Crippen LogP contribution in [0.15, 0.2) is 40.3 Å². The lowest BCUT2D eigenvalue weighted by molar-refractivity contribution is 0.0387. The first-order valence-corrected chi connectivity index (χ1v) is 14.4. The van der Waals surface area contributed by atoms with Crippen molar-refractivity contribution >= 4 is 33.3 Å². The molecule has 3 amide bonds. The highest BCUT2D eigenvalue weighted by Crippen LogP contribution is 2.31. The van der Waals surface area contributed by atoms with Gasteiger partial charge in [0.25, 0.3) is 15.9 Å². The number of hydrogen-bond donors (Lipinski definition) is 3. The number of carbonyl (C=O) groups excluding carboxylic acids is 2. The molecule has 0 spiro atoms. The highest BCUT2D eigenvalue weighted by molar-refractivity contribution is 7.89. The van der Waals surface area contributed by atoms with Gasteiger partial charge in [-0.2, -0.15) is 4.31 Å². The molecule has 41 heavy (non-hydrogen) atoms. The van der Waals surface area contributed by atoms with E-state index < -0.39 is 34.1 Å². The third kappa shape index (κ3) is 6.36. The van der Waals surface area contributed by atoms with Crippen molar-refractivity contribution in [2.24, 2.45) is 13.0 Å². The maximum absolute atomic E-state index is 13.7. The van der Waals surface area contributed by atoms with Gasteiger partial charge in [-0.25, -0.2) is 18.2 Å². The van der Waals surface area contributed by atoms with E-state index in [1.807, 2.05) is 6.92 Å². The molecular weight excluding hydrogens is 554 g/mol. The van der Waals surface area contributed by atoms with E-state index in [4.69, 9.17) is 9.26 Å². The van der Waals surface area contributed by atoms with Crippen molar-refractivity contribution in [3.8, 4) is 5.75 Å². The highest BCUT2D eigenvalue weighted by Gasteiger charge is 2.35. The number of carbonyl (C=O) groups is 2. The molecule has 0 saturated heterocycles. The highest BCUT2D eigenvalue weighted by atomic mass is 32.2. The number of amides is 3. The number of likely N-dealkylation sites (N-methyl/N-ethyl adjacent to an activating group) is 1. The van der Waals surface area contributed by atoms with Crippen molar-refractivity contribution in [1.29, 1.82) is 0 Å². The molecule has 15 heteroatoms. The van der Waals surface area contributed by atoms with Crippen LogP contribution in [-0.2, 0) is 17.1 Å². The lowest BCUT2D eigenvalue weighted by Crippen LogP contribution is -2.50. The zero-order chi connectivity index (χ0) is 30.1. The first-order chi connectivity index (χ1) is 19.3. The van der Waals surface area contributed by atoms with E-state index in [9.17, 15) is 23.1 Å². The molecule has 0 unspecified atom stereocenters. The number of ether oxygens (including phenoxy) is 1. The SMILES string of the molecule is Cc1noc(C)c1NC(=O)Nc1ccc2c(c1)C(=O)N([C@@H](C)CO)C[C@@H](C)[C@@H](CN(C)S(=O)(=O)c1cn(C)cn1)O2. The van der Waals surface area contributed by atoms with Gasteiger partial charge in [0.05, 0.1) is 31.1 Å². The van der Waals surface area contributed by atoms with E-state index in [1.54, 1.807) is 44.5 Å². The molecule has 1 aromatic carbocycles. The molecule has 14 nitrogen and oxygen atoms in total. The van der Waals surface area contributed by atoms with E-state index in [-0.39, 0.29) is 42.0 Å². The first kappa shape index (κ1) is 30.0. The standard InChI is InChI=1S/C26H35N7O7S/c1-15-10-33(16(2)13-34)25(35)20-9-19(28-26(36)29-24-17(3)30-40-18(24)4)7-8-21(20)39-22(15)11-32(6)41(37,38)23-12-31(5)14-27-23/h7-9,12,14-16,22,34H,10-11,13H2,1-6H3,(H2,28,29,36)/t15-,16+,22-/m1/s1. The Bertz CT molecular complexity index is 1510. The van der Waals surface area contributed by atoms with Gasteiger partial charge in [-0.3, -0.25) is 4.79 Å². The van der Waals surface area contributed by atoms with E-state index >= 15 is 0 Å². The van der Waals surface area contributed by atoms with Crippen molar-refractivity contribution in [2.75, 3.05) is 37.4 Å². The van der Waals surface area contributed by atoms with Crippen LogP contribution in [0, 0.1) is 19.8 Å². The summed E-state index contributed by atoms with van der Waals surface area (Å²) in [5.41, 5.74) is 1.44. The van der Waals surface area contributed by atoms with Crippen molar-refractivity contribution in [3.05, 3.63) is 47.7 Å². The molecule has 0 fully saturated rings. The van der Waals surface area contributed by atoms with Gasteiger partial charge in [-0.15, -0.1) is 0 Å². The van der Waals surface area contributed by atoms with Crippen LogP contribution in [0.4, 0.5) is 16.2 Å². The number of anilines is 2. The average Bonchev–Trinajstić information content (AvgIpc) is 3.51. The molecule has 3 aromatic rings. The molecular formula is C26H35N7O7S. The predicted octanol–water partition coefficient (Wildman–Crippen LogP) is 2.21. The number of rotatable bonds is 8. The smallest absolute Gasteiger partial charge is 0.323 e. The average molecular weight is 590 g/mol. The van der Waals surface area contributed by atoms with Crippen molar-refractivity contribution in [1.82, 2.24) is 23.9 Å².